The molecule has 3 aromatic rings. The molecule has 7 heteroatoms. The number of thioether (sulfide) groups is 1. The van der Waals surface area contributed by atoms with E-state index in [9.17, 15) is 9.59 Å². The van der Waals surface area contributed by atoms with Crippen molar-refractivity contribution in [1.29, 1.82) is 0 Å². The van der Waals surface area contributed by atoms with Gasteiger partial charge in [-0.05, 0) is 104 Å². The van der Waals surface area contributed by atoms with E-state index < -0.39 is 5.97 Å². The lowest BCUT2D eigenvalue weighted by molar-refractivity contribution is -0.122. The topological polar surface area (TPSA) is 68.2 Å². The van der Waals surface area contributed by atoms with Crippen molar-refractivity contribution in [3.63, 3.8) is 0 Å². The molecule has 6 nitrogen and oxygen atoms in total. The summed E-state index contributed by atoms with van der Waals surface area (Å²) in [6.07, 6.45) is 1.87. The van der Waals surface area contributed by atoms with Crippen molar-refractivity contribution in [2.45, 2.75) is 34.3 Å². The smallest absolute Gasteiger partial charge is 0.337 e. The highest BCUT2D eigenvalue weighted by Gasteiger charge is 2.32. The van der Waals surface area contributed by atoms with Crippen LogP contribution < -0.4 is 4.74 Å². The molecule has 0 N–H and O–H groups in total. The van der Waals surface area contributed by atoms with Crippen molar-refractivity contribution < 1.29 is 19.1 Å². The molecule has 1 aliphatic rings. The van der Waals surface area contributed by atoms with Crippen molar-refractivity contribution in [3.8, 4) is 5.75 Å². The molecule has 0 aliphatic carbocycles. The summed E-state index contributed by atoms with van der Waals surface area (Å²) >= 11 is 1.34. The maximum atomic E-state index is 13.0. The van der Waals surface area contributed by atoms with Crippen LogP contribution in [0, 0.1) is 20.8 Å². The number of amidine groups is 1. The first kappa shape index (κ1) is 26.2. The number of ether oxygens (including phenoxy) is 2. The lowest BCUT2D eigenvalue weighted by Crippen LogP contribution is -2.28. The molecule has 4 rings (SSSR count). The first-order chi connectivity index (χ1) is 17.8. The monoisotopic (exact) mass is 514 g/mol. The Balaban J connectivity index is 1.47. The van der Waals surface area contributed by atoms with Crippen LogP contribution in [0.5, 0.6) is 5.75 Å². The molecule has 1 amide bonds. The summed E-state index contributed by atoms with van der Waals surface area (Å²) < 4.78 is 10.8. The molecule has 0 unspecified atom stereocenters. The zero-order chi connectivity index (χ0) is 26.5. The van der Waals surface area contributed by atoms with Gasteiger partial charge >= 0.3 is 5.97 Å². The molecule has 0 radical (unpaired) electrons. The fourth-order valence-electron chi connectivity index (χ4n) is 4.18. The van der Waals surface area contributed by atoms with Gasteiger partial charge in [-0.1, -0.05) is 29.8 Å². The van der Waals surface area contributed by atoms with Gasteiger partial charge in [0.25, 0.3) is 5.91 Å². The first-order valence-corrected chi connectivity index (χ1v) is 12.9. The van der Waals surface area contributed by atoms with Gasteiger partial charge in [-0.2, -0.15) is 0 Å². The summed E-state index contributed by atoms with van der Waals surface area (Å²) in [7, 11) is 1.35. The average molecular weight is 515 g/mol. The predicted octanol–water partition coefficient (Wildman–Crippen LogP) is 6.60. The third-order valence-electron chi connectivity index (χ3n) is 6.12. The molecule has 1 aliphatic heterocycles. The molecule has 37 heavy (non-hydrogen) atoms. The van der Waals surface area contributed by atoms with Crippen molar-refractivity contribution in [1.82, 2.24) is 4.90 Å². The van der Waals surface area contributed by atoms with Crippen molar-refractivity contribution in [3.05, 3.63) is 98.9 Å². The molecule has 0 aromatic heterocycles. The quantitative estimate of drug-likeness (QED) is 0.262. The molecular weight excluding hydrogens is 484 g/mol. The minimum Gasteiger partial charge on any atom is -0.489 e. The van der Waals surface area contributed by atoms with Gasteiger partial charge in [-0.15, -0.1) is 0 Å². The zero-order valence-electron chi connectivity index (χ0n) is 21.7. The molecule has 0 saturated carbocycles. The third kappa shape index (κ3) is 6.12. The summed E-state index contributed by atoms with van der Waals surface area (Å²) in [5.41, 5.74) is 6.93. The van der Waals surface area contributed by atoms with Crippen LogP contribution in [-0.2, 0) is 16.1 Å². The van der Waals surface area contributed by atoms with Crippen LogP contribution in [0.1, 0.15) is 45.1 Å². The third-order valence-corrected chi connectivity index (χ3v) is 7.13. The number of benzene rings is 3. The van der Waals surface area contributed by atoms with Crippen LogP contribution >= 0.6 is 11.8 Å². The van der Waals surface area contributed by atoms with Crippen LogP contribution in [0.3, 0.4) is 0 Å². The highest BCUT2D eigenvalue weighted by atomic mass is 32.2. The minimum atomic E-state index is -0.401. The van der Waals surface area contributed by atoms with E-state index in [1.165, 1.54) is 41.1 Å². The second-order valence-electron chi connectivity index (χ2n) is 8.83. The molecule has 0 spiro atoms. The molecule has 1 fully saturated rings. The van der Waals surface area contributed by atoms with E-state index in [0.717, 1.165) is 11.3 Å². The molecule has 190 valence electrons. The minimum absolute atomic E-state index is 0.0805. The molecule has 0 atom stereocenters. The Morgan fingerprint density at radius 1 is 1.00 bits per heavy atom. The van der Waals surface area contributed by atoms with E-state index in [1.807, 2.05) is 37.3 Å². The summed E-state index contributed by atoms with van der Waals surface area (Å²) in [5, 5.41) is 0.605. The molecule has 1 heterocycles. The molecular formula is C30H30N2O4S. The van der Waals surface area contributed by atoms with Crippen molar-refractivity contribution >= 4 is 40.6 Å². The highest BCUT2D eigenvalue weighted by Crippen LogP contribution is 2.34. The zero-order valence-corrected chi connectivity index (χ0v) is 22.5. The van der Waals surface area contributed by atoms with Crippen molar-refractivity contribution in [2.24, 2.45) is 4.99 Å². The maximum absolute atomic E-state index is 13.0. The van der Waals surface area contributed by atoms with Gasteiger partial charge in [0.15, 0.2) is 5.17 Å². The highest BCUT2D eigenvalue weighted by molar-refractivity contribution is 8.18. The Hall–Kier alpha value is -3.84. The van der Waals surface area contributed by atoms with Crippen LogP contribution in [-0.4, -0.2) is 35.6 Å². The van der Waals surface area contributed by atoms with Gasteiger partial charge in [0, 0.05) is 6.54 Å². The van der Waals surface area contributed by atoms with Crippen molar-refractivity contribution in [2.75, 3.05) is 13.7 Å². The Bertz CT molecular complexity index is 1350. The van der Waals surface area contributed by atoms with E-state index in [0.29, 0.717) is 34.5 Å². The largest absolute Gasteiger partial charge is 0.489 e. The van der Waals surface area contributed by atoms with Gasteiger partial charge in [-0.3, -0.25) is 9.69 Å². The number of likely N-dealkylation sites (N-methyl/N-ethyl adjacent to an activating group) is 1. The summed E-state index contributed by atoms with van der Waals surface area (Å²) in [4.78, 5) is 31.6. The van der Waals surface area contributed by atoms with Gasteiger partial charge in [-0.25, -0.2) is 9.79 Å². The average Bonchev–Trinajstić information content (AvgIpc) is 3.17. The fraction of sp³-hybridized carbons (Fsp3) is 0.233. The lowest BCUT2D eigenvalue weighted by atomic mass is 10.0. The lowest BCUT2D eigenvalue weighted by Gasteiger charge is -2.13. The summed E-state index contributed by atoms with van der Waals surface area (Å²) in [5.74, 6) is 0.296. The van der Waals surface area contributed by atoms with Gasteiger partial charge in [0.2, 0.25) is 0 Å². The van der Waals surface area contributed by atoms with E-state index >= 15 is 0 Å². The number of aryl methyl sites for hydroxylation is 3. The Morgan fingerprint density at radius 3 is 2.24 bits per heavy atom. The number of rotatable bonds is 7. The second kappa shape index (κ2) is 11.5. The number of hydrogen-bond donors (Lipinski definition) is 0. The van der Waals surface area contributed by atoms with Gasteiger partial charge in [0.05, 0.1) is 23.3 Å². The Labute approximate surface area is 222 Å². The van der Waals surface area contributed by atoms with E-state index in [4.69, 9.17) is 9.47 Å². The number of carbonyl (C=O) groups is 2. The Morgan fingerprint density at radius 2 is 1.65 bits per heavy atom. The van der Waals surface area contributed by atoms with Crippen LogP contribution in [0.4, 0.5) is 5.69 Å². The maximum Gasteiger partial charge on any atom is 0.337 e. The van der Waals surface area contributed by atoms with Gasteiger partial charge < -0.3 is 9.47 Å². The SMILES string of the molecule is CCN1C(=O)/C(=C\c2ccc(OCc3c(C)cc(C)cc3C)cc2)SC1=Nc1ccc(C(=O)OC)cc1. The second-order valence-corrected chi connectivity index (χ2v) is 9.84. The standard InChI is InChI=1S/C30H30N2O4S/c1-6-32-28(33)27(37-30(32)31-24-11-9-23(10-12-24)29(34)35-5)17-22-7-13-25(14-8-22)36-18-26-20(3)15-19(2)16-21(26)4/h7-17H,6,18H2,1-5H3/b27-17+,31-30?. The number of esters is 1. The summed E-state index contributed by atoms with van der Waals surface area (Å²) in [6.45, 7) is 9.26. The first-order valence-electron chi connectivity index (χ1n) is 12.1. The molecule has 3 aromatic carbocycles. The predicted molar refractivity (Wildman–Crippen MR) is 149 cm³/mol. The van der Waals surface area contributed by atoms with E-state index in [2.05, 4.69) is 37.9 Å². The van der Waals surface area contributed by atoms with E-state index in [1.54, 1.807) is 29.2 Å². The Kier molecular flexibility index (Phi) is 8.14. The molecule has 0 bridgehead atoms. The van der Waals surface area contributed by atoms with E-state index in [-0.39, 0.29) is 5.91 Å². The number of carbonyl (C=O) groups excluding carboxylic acids is 2. The molecule has 1 saturated heterocycles. The van der Waals surface area contributed by atoms with Crippen LogP contribution in [0.25, 0.3) is 6.08 Å². The van der Waals surface area contributed by atoms with Gasteiger partial charge in [0.1, 0.15) is 12.4 Å². The number of amides is 1. The number of methoxy groups -OCH3 is 1. The van der Waals surface area contributed by atoms with Crippen LogP contribution in [0.15, 0.2) is 70.6 Å². The normalized spacial score (nSPS) is 15.5. The fourth-order valence-corrected chi connectivity index (χ4v) is 5.24. The number of hydrogen-bond acceptors (Lipinski definition) is 6. The van der Waals surface area contributed by atoms with Crippen LogP contribution in [0.2, 0.25) is 0 Å². The summed E-state index contributed by atoms with van der Waals surface area (Å²) in [6, 6.07) is 18.9. The number of nitrogens with zero attached hydrogens (tertiary/aromatic N) is 2. The number of aliphatic imine (C=N–C) groups is 1.